The molecule has 0 bridgehead atoms. The molecule has 3 nitrogen and oxygen atoms in total. The zero-order valence-corrected chi connectivity index (χ0v) is 31.1. The van der Waals surface area contributed by atoms with Gasteiger partial charge in [-0.2, -0.15) is 0 Å². The highest BCUT2D eigenvalue weighted by Gasteiger charge is 2.35. The number of fused-ring (bicyclic) bond motifs is 6. The minimum Gasteiger partial charge on any atom is -0.313 e. The molecule has 1 unspecified atom stereocenters. The average molecular weight is 698 g/mol. The van der Waals surface area contributed by atoms with E-state index in [-0.39, 0.29) is 5.41 Å². The van der Waals surface area contributed by atoms with Gasteiger partial charge in [-0.25, -0.2) is 0 Å². The summed E-state index contributed by atoms with van der Waals surface area (Å²) in [5.74, 6) is 0.449. The SMILES string of the molecule is CC1C=NC=C(c2ccc(N(c3ccc(-c4ccc5c(c4)c4ccccc4n5C4=CC=CCC4)cc3)c3ccc4c(c3)C(C)(C)c3ccccc3-4)cc2)C1. The first-order chi connectivity index (χ1) is 26.4. The number of hydrogen-bond donors (Lipinski definition) is 0. The zero-order chi connectivity index (χ0) is 36.4. The van der Waals surface area contributed by atoms with E-state index in [4.69, 9.17) is 0 Å². The van der Waals surface area contributed by atoms with Crippen molar-refractivity contribution in [2.24, 2.45) is 10.9 Å². The lowest BCUT2D eigenvalue weighted by atomic mass is 9.82. The number of aliphatic imine (C=N–C) groups is 1. The van der Waals surface area contributed by atoms with Crippen LogP contribution in [0.25, 0.3) is 55.3 Å². The van der Waals surface area contributed by atoms with E-state index < -0.39 is 0 Å². The van der Waals surface area contributed by atoms with Gasteiger partial charge < -0.3 is 9.47 Å². The lowest BCUT2D eigenvalue weighted by molar-refractivity contribution is 0.660. The molecule has 1 atom stereocenters. The number of para-hydroxylation sites is 1. The number of nitrogens with zero attached hydrogens (tertiary/aromatic N) is 3. The molecule has 0 amide bonds. The van der Waals surface area contributed by atoms with Crippen LogP contribution in [0.15, 0.2) is 163 Å². The normalized spacial score (nSPS) is 17.0. The van der Waals surface area contributed by atoms with Crippen LogP contribution in [0.1, 0.15) is 56.7 Å². The highest BCUT2D eigenvalue weighted by molar-refractivity contribution is 6.11. The Bertz CT molecular complexity index is 2720. The third-order valence-electron chi connectivity index (χ3n) is 11.8. The summed E-state index contributed by atoms with van der Waals surface area (Å²) in [5, 5.41) is 2.59. The zero-order valence-electron chi connectivity index (χ0n) is 31.1. The van der Waals surface area contributed by atoms with Crippen LogP contribution in [0.4, 0.5) is 17.1 Å². The van der Waals surface area contributed by atoms with E-state index in [1.54, 1.807) is 0 Å². The fraction of sp³-hybridized carbons (Fsp3) is 0.157. The molecule has 6 aromatic carbocycles. The molecule has 0 spiro atoms. The number of anilines is 3. The molecule has 1 aliphatic heterocycles. The van der Waals surface area contributed by atoms with Crippen molar-refractivity contribution in [3.8, 4) is 22.3 Å². The Labute approximate surface area is 317 Å². The smallest absolute Gasteiger partial charge is 0.0538 e. The third-order valence-corrected chi connectivity index (χ3v) is 11.8. The molecule has 2 heterocycles. The quantitative estimate of drug-likeness (QED) is 0.169. The fourth-order valence-electron chi connectivity index (χ4n) is 9.07. The molecule has 7 aromatic rings. The van der Waals surface area contributed by atoms with Crippen molar-refractivity contribution in [2.75, 3.05) is 4.90 Å². The first-order valence-corrected chi connectivity index (χ1v) is 19.3. The van der Waals surface area contributed by atoms with Gasteiger partial charge in [0.2, 0.25) is 0 Å². The molecule has 10 rings (SSSR count). The van der Waals surface area contributed by atoms with Crippen molar-refractivity contribution in [3.05, 3.63) is 175 Å². The molecular weight excluding hydrogens is 655 g/mol. The fourth-order valence-corrected chi connectivity index (χ4v) is 9.07. The number of hydrogen-bond acceptors (Lipinski definition) is 2. The standard InChI is InChI=1S/C51H43N3/c1-34-29-38(33-52-32-34)36-19-24-41(25-20-36)53(42-26-27-44-43-13-7-9-15-47(43)51(2,3)48(44)31-42)40-22-17-35(18-23-40)37-21-28-50-46(30-37)45-14-8-10-16-49(45)54(50)39-11-5-4-6-12-39/h4-5,7-11,13-28,30-34H,6,12,29H2,1-3H3. The van der Waals surface area contributed by atoms with E-state index in [1.807, 2.05) is 12.4 Å². The first-order valence-electron chi connectivity index (χ1n) is 19.3. The van der Waals surface area contributed by atoms with E-state index in [0.29, 0.717) is 5.92 Å². The van der Waals surface area contributed by atoms with Gasteiger partial charge in [-0.1, -0.05) is 112 Å². The van der Waals surface area contributed by atoms with Gasteiger partial charge in [-0.05, 0) is 130 Å². The summed E-state index contributed by atoms with van der Waals surface area (Å²) in [6, 6.07) is 49.9. The van der Waals surface area contributed by atoms with Gasteiger partial charge in [0.25, 0.3) is 0 Å². The minimum atomic E-state index is -0.0853. The molecule has 54 heavy (non-hydrogen) atoms. The predicted molar refractivity (Wildman–Crippen MR) is 230 cm³/mol. The molecular formula is C51H43N3. The summed E-state index contributed by atoms with van der Waals surface area (Å²) in [4.78, 5) is 6.93. The third kappa shape index (κ3) is 5.29. The average Bonchev–Trinajstić information content (AvgIpc) is 3.67. The van der Waals surface area contributed by atoms with Crippen LogP contribution in [-0.4, -0.2) is 10.8 Å². The Balaban J connectivity index is 1.06. The summed E-state index contributed by atoms with van der Waals surface area (Å²) < 4.78 is 2.46. The van der Waals surface area contributed by atoms with E-state index in [0.717, 1.165) is 36.3 Å². The molecule has 2 aliphatic carbocycles. The Morgan fingerprint density at radius 2 is 1.33 bits per heavy atom. The van der Waals surface area contributed by atoms with Gasteiger partial charge in [-0.15, -0.1) is 0 Å². The molecule has 0 radical (unpaired) electrons. The minimum absolute atomic E-state index is 0.0853. The van der Waals surface area contributed by atoms with Gasteiger partial charge in [0.15, 0.2) is 0 Å². The summed E-state index contributed by atoms with van der Waals surface area (Å²) in [6.07, 6.45) is 13.9. The second kappa shape index (κ2) is 12.7. The number of benzene rings is 6. The van der Waals surface area contributed by atoms with Crippen LogP contribution < -0.4 is 4.90 Å². The van der Waals surface area contributed by atoms with Crippen LogP contribution in [0, 0.1) is 5.92 Å². The Morgan fingerprint density at radius 1 is 0.648 bits per heavy atom. The highest BCUT2D eigenvalue weighted by atomic mass is 15.1. The largest absolute Gasteiger partial charge is 0.313 e. The monoisotopic (exact) mass is 697 g/mol. The summed E-state index contributed by atoms with van der Waals surface area (Å²) in [6.45, 7) is 6.94. The summed E-state index contributed by atoms with van der Waals surface area (Å²) in [7, 11) is 0. The van der Waals surface area contributed by atoms with Gasteiger partial charge in [-0.3, -0.25) is 4.99 Å². The predicted octanol–water partition coefficient (Wildman–Crippen LogP) is 13.9. The Kier molecular flexibility index (Phi) is 7.66. The molecule has 0 saturated heterocycles. The summed E-state index contributed by atoms with van der Waals surface area (Å²) >= 11 is 0. The van der Waals surface area contributed by atoms with Crippen molar-refractivity contribution in [1.29, 1.82) is 0 Å². The lowest BCUT2D eigenvalue weighted by Crippen LogP contribution is -2.16. The molecule has 0 N–H and O–H groups in total. The van der Waals surface area contributed by atoms with Crippen molar-refractivity contribution >= 4 is 56.4 Å². The maximum absolute atomic E-state index is 4.52. The van der Waals surface area contributed by atoms with Crippen LogP contribution in [0.5, 0.6) is 0 Å². The summed E-state index contributed by atoms with van der Waals surface area (Å²) in [5.41, 5.74) is 17.6. The maximum atomic E-state index is 4.52. The second-order valence-electron chi connectivity index (χ2n) is 15.7. The molecule has 3 heteroatoms. The first kappa shape index (κ1) is 32.5. The van der Waals surface area contributed by atoms with E-state index in [1.165, 1.54) is 72.0 Å². The molecule has 262 valence electrons. The van der Waals surface area contributed by atoms with Crippen molar-refractivity contribution < 1.29 is 0 Å². The highest BCUT2D eigenvalue weighted by Crippen LogP contribution is 2.50. The van der Waals surface area contributed by atoms with Crippen molar-refractivity contribution in [3.63, 3.8) is 0 Å². The van der Waals surface area contributed by atoms with Crippen LogP contribution in [0.3, 0.4) is 0 Å². The number of rotatable bonds is 6. The van der Waals surface area contributed by atoms with E-state index in [9.17, 15) is 0 Å². The maximum Gasteiger partial charge on any atom is 0.0538 e. The van der Waals surface area contributed by atoms with Gasteiger partial charge in [0.1, 0.15) is 0 Å². The Morgan fingerprint density at radius 3 is 2.11 bits per heavy atom. The van der Waals surface area contributed by atoms with Crippen LogP contribution in [0.2, 0.25) is 0 Å². The van der Waals surface area contributed by atoms with Crippen LogP contribution >= 0.6 is 0 Å². The van der Waals surface area contributed by atoms with E-state index >= 15 is 0 Å². The van der Waals surface area contributed by atoms with Gasteiger partial charge in [0.05, 0.1) is 11.0 Å². The number of aromatic nitrogens is 1. The Hall–Kier alpha value is -6.19. The van der Waals surface area contributed by atoms with E-state index in [2.05, 4.69) is 187 Å². The molecule has 0 saturated carbocycles. The van der Waals surface area contributed by atoms with Crippen LogP contribution in [-0.2, 0) is 5.41 Å². The topological polar surface area (TPSA) is 20.5 Å². The molecule has 3 aliphatic rings. The molecule has 1 aromatic heterocycles. The second-order valence-corrected chi connectivity index (χ2v) is 15.7. The van der Waals surface area contributed by atoms with Gasteiger partial charge >= 0.3 is 0 Å². The number of allylic oxidation sites excluding steroid dienone is 5. The van der Waals surface area contributed by atoms with Gasteiger partial charge in [0, 0.05) is 51.4 Å². The van der Waals surface area contributed by atoms with Crippen molar-refractivity contribution in [2.45, 2.75) is 45.4 Å². The van der Waals surface area contributed by atoms with Crippen molar-refractivity contribution in [1.82, 2.24) is 4.57 Å². The molecule has 0 fully saturated rings. The lowest BCUT2D eigenvalue weighted by Gasteiger charge is -2.28.